The summed E-state index contributed by atoms with van der Waals surface area (Å²) in [5, 5.41) is 5.98. The van der Waals surface area contributed by atoms with Gasteiger partial charge in [-0.05, 0) is 11.1 Å². The Labute approximate surface area is 87.7 Å². The molecule has 0 aliphatic carbocycles. The van der Waals surface area contributed by atoms with Crippen molar-refractivity contribution in [2.45, 2.75) is 6.42 Å². The van der Waals surface area contributed by atoms with Gasteiger partial charge < -0.3 is 5.32 Å². The van der Waals surface area contributed by atoms with Crippen molar-refractivity contribution in [3.8, 4) is 0 Å². The van der Waals surface area contributed by atoms with Gasteiger partial charge in [0.2, 0.25) is 5.91 Å². The highest BCUT2D eigenvalue weighted by atomic mass is 16.1. The summed E-state index contributed by atoms with van der Waals surface area (Å²) in [6, 6.07) is 9.48. The molecule has 5 heteroatoms. The summed E-state index contributed by atoms with van der Waals surface area (Å²) in [6.07, 6.45) is 0.358. The van der Waals surface area contributed by atoms with E-state index in [0.29, 0.717) is 13.0 Å². The number of nitrogens with one attached hydrogen (secondary N) is 1. The minimum Gasteiger partial charge on any atom is -0.356 e. The minimum absolute atomic E-state index is 0.0608. The maximum absolute atomic E-state index is 11.3. The molecule has 0 atom stereocenters. The summed E-state index contributed by atoms with van der Waals surface area (Å²) < 4.78 is 0. The average Bonchev–Trinajstić information content (AvgIpc) is 2.26. The fourth-order valence-electron chi connectivity index (χ4n) is 1.13. The summed E-state index contributed by atoms with van der Waals surface area (Å²) in [5.74, 6) is -0.0608. The van der Waals surface area contributed by atoms with Crippen molar-refractivity contribution < 1.29 is 4.79 Å². The van der Waals surface area contributed by atoms with Gasteiger partial charge in [-0.1, -0.05) is 35.4 Å². The van der Waals surface area contributed by atoms with E-state index in [0.717, 1.165) is 5.56 Å². The molecule has 0 aliphatic rings. The lowest BCUT2D eigenvalue weighted by molar-refractivity contribution is -0.120. The van der Waals surface area contributed by atoms with Crippen LogP contribution in [0, 0.1) is 0 Å². The maximum Gasteiger partial charge on any atom is 0.224 e. The van der Waals surface area contributed by atoms with Crippen molar-refractivity contribution in [1.29, 1.82) is 0 Å². The van der Waals surface area contributed by atoms with Crippen LogP contribution < -0.4 is 5.32 Å². The first-order chi connectivity index (χ1) is 7.33. The van der Waals surface area contributed by atoms with Gasteiger partial charge in [-0.3, -0.25) is 4.79 Å². The summed E-state index contributed by atoms with van der Waals surface area (Å²) in [7, 11) is 0. The smallest absolute Gasteiger partial charge is 0.224 e. The molecule has 0 bridgehead atoms. The van der Waals surface area contributed by atoms with Gasteiger partial charge in [0.1, 0.15) is 0 Å². The Morgan fingerprint density at radius 2 is 2.13 bits per heavy atom. The van der Waals surface area contributed by atoms with Crippen molar-refractivity contribution in [3.63, 3.8) is 0 Å². The molecule has 1 aromatic carbocycles. The van der Waals surface area contributed by atoms with Crippen molar-refractivity contribution in [2.75, 3.05) is 13.1 Å². The van der Waals surface area contributed by atoms with Crippen LogP contribution in [0.2, 0.25) is 0 Å². The molecule has 0 fully saturated rings. The molecular formula is C10H12N4O. The highest BCUT2D eigenvalue weighted by Gasteiger charge is 2.00. The molecule has 1 rings (SSSR count). The van der Waals surface area contributed by atoms with Gasteiger partial charge in [-0.2, -0.15) is 0 Å². The van der Waals surface area contributed by atoms with Gasteiger partial charge in [0.15, 0.2) is 0 Å². The van der Waals surface area contributed by atoms with Crippen molar-refractivity contribution in [1.82, 2.24) is 5.32 Å². The highest BCUT2D eigenvalue weighted by molar-refractivity contribution is 5.78. The zero-order valence-electron chi connectivity index (χ0n) is 8.26. The Bertz CT molecular complexity index is 357. The lowest BCUT2D eigenvalue weighted by Gasteiger charge is -2.02. The van der Waals surface area contributed by atoms with Gasteiger partial charge >= 0.3 is 0 Å². The predicted molar refractivity (Wildman–Crippen MR) is 57.2 cm³/mol. The van der Waals surface area contributed by atoms with E-state index in [-0.39, 0.29) is 12.5 Å². The average molecular weight is 204 g/mol. The number of benzene rings is 1. The van der Waals surface area contributed by atoms with Crippen LogP contribution in [0.5, 0.6) is 0 Å². The first kappa shape index (κ1) is 11.1. The highest BCUT2D eigenvalue weighted by Crippen LogP contribution is 1.98. The predicted octanol–water partition coefficient (Wildman–Crippen LogP) is 1.66. The second-order valence-corrected chi connectivity index (χ2v) is 2.97. The van der Waals surface area contributed by atoms with E-state index < -0.39 is 0 Å². The molecule has 0 heterocycles. The Balaban J connectivity index is 2.27. The second-order valence-electron chi connectivity index (χ2n) is 2.97. The summed E-state index contributed by atoms with van der Waals surface area (Å²) in [5.41, 5.74) is 8.98. The number of hydrogen-bond acceptors (Lipinski definition) is 2. The molecule has 0 spiro atoms. The molecular weight excluding hydrogens is 192 g/mol. The molecule has 1 N–H and O–H groups in total. The van der Waals surface area contributed by atoms with Crippen LogP contribution in [0.4, 0.5) is 0 Å². The molecule has 0 saturated heterocycles. The molecule has 5 nitrogen and oxygen atoms in total. The largest absolute Gasteiger partial charge is 0.356 e. The molecule has 0 aliphatic heterocycles. The molecule has 0 saturated carbocycles. The van der Waals surface area contributed by atoms with Crippen molar-refractivity contribution >= 4 is 5.91 Å². The van der Waals surface area contributed by atoms with E-state index in [2.05, 4.69) is 15.3 Å². The third kappa shape index (κ3) is 4.69. The van der Waals surface area contributed by atoms with Crippen LogP contribution in [0.3, 0.4) is 0 Å². The van der Waals surface area contributed by atoms with Crippen LogP contribution in [-0.4, -0.2) is 19.0 Å². The Morgan fingerprint density at radius 1 is 1.40 bits per heavy atom. The van der Waals surface area contributed by atoms with Gasteiger partial charge in [0.25, 0.3) is 0 Å². The molecule has 0 radical (unpaired) electrons. The van der Waals surface area contributed by atoms with Gasteiger partial charge in [0.05, 0.1) is 6.42 Å². The third-order valence-corrected chi connectivity index (χ3v) is 1.80. The van der Waals surface area contributed by atoms with E-state index in [4.69, 9.17) is 5.53 Å². The van der Waals surface area contributed by atoms with E-state index in [1.54, 1.807) is 0 Å². The zero-order chi connectivity index (χ0) is 10.9. The van der Waals surface area contributed by atoms with Crippen molar-refractivity contribution in [2.24, 2.45) is 5.11 Å². The number of nitrogens with zero attached hydrogens (tertiary/aromatic N) is 3. The summed E-state index contributed by atoms with van der Waals surface area (Å²) in [6.45, 7) is 0.673. The first-order valence-electron chi connectivity index (χ1n) is 4.64. The Kier molecular flexibility index (Phi) is 4.77. The van der Waals surface area contributed by atoms with Gasteiger partial charge in [-0.25, -0.2) is 0 Å². The molecule has 15 heavy (non-hydrogen) atoms. The fourth-order valence-corrected chi connectivity index (χ4v) is 1.13. The first-order valence-corrected chi connectivity index (χ1v) is 4.64. The summed E-state index contributed by atoms with van der Waals surface area (Å²) >= 11 is 0. The quantitative estimate of drug-likeness (QED) is 0.336. The topological polar surface area (TPSA) is 77.9 Å². The van der Waals surface area contributed by atoms with E-state index in [9.17, 15) is 4.79 Å². The SMILES string of the molecule is [N-]=[N+]=NCCNC(=O)Cc1ccccc1. The number of hydrogen-bond donors (Lipinski definition) is 1. The normalized spacial score (nSPS) is 9.07. The second kappa shape index (κ2) is 6.45. The monoisotopic (exact) mass is 204 g/mol. The van der Waals surface area contributed by atoms with Crippen molar-refractivity contribution in [3.05, 3.63) is 46.3 Å². The molecule has 78 valence electrons. The molecule has 0 unspecified atom stereocenters. The molecule has 0 aromatic heterocycles. The molecule has 1 aromatic rings. The number of azide groups is 1. The number of rotatable bonds is 5. The minimum atomic E-state index is -0.0608. The van der Waals surface area contributed by atoms with Crippen LogP contribution in [0.1, 0.15) is 5.56 Å². The Hall–Kier alpha value is -2.00. The summed E-state index contributed by atoms with van der Waals surface area (Å²) in [4.78, 5) is 13.9. The van der Waals surface area contributed by atoms with E-state index in [1.165, 1.54) is 0 Å². The fraction of sp³-hybridized carbons (Fsp3) is 0.300. The lowest BCUT2D eigenvalue weighted by atomic mass is 10.1. The standard InChI is InChI=1S/C10H12N4O/c11-14-13-7-6-12-10(15)8-9-4-2-1-3-5-9/h1-5H,6-8H2,(H,12,15). The van der Waals surface area contributed by atoms with Crippen LogP contribution in [-0.2, 0) is 11.2 Å². The van der Waals surface area contributed by atoms with Crippen LogP contribution >= 0.6 is 0 Å². The van der Waals surface area contributed by atoms with Gasteiger partial charge in [0, 0.05) is 18.0 Å². The third-order valence-electron chi connectivity index (χ3n) is 1.80. The van der Waals surface area contributed by atoms with Gasteiger partial charge in [-0.15, -0.1) is 0 Å². The van der Waals surface area contributed by atoms with E-state index >= 15 is 0 Å². The number of carbonyl (C=O) groups is 1. The van der Waals surface area contributed by atoms with E-state index in [1.807, 2.05) is 30.3 Å². The van der Waals surface area contributed by atoms with Crippen LogP contribution in [0.15, 0.2) is 35.4 Å². The lowest BCUT2D eigenvalue weighted by Crippen LogP contribution is -2.27. The molecule has 1 amide bonds. The number of amides is 1. The Morgan fingerprint density at radius 3 is 2.80 bits per heavy atom. The van der Waals surface area contributed by atoms with Crippen LogP contribution in [0.25, 0.3) is 10.4 Å². The zero-order valence-corrected chi connectivity index (χ0v) is 8.26. The number of carbonyl (C=O) groups excluding carboxylic acids is 1. The maximum atomic E-state index is 11.3.